The van der Waals surface area contributed by atoms with Crippen LogP contribution in [0.5, 0.6) is 0 Å². The molecule has 0 aromatic carbocycles. The Morgan fingerprint density at radius 2 is 2.04 bits per heavy atom. The Kier molecular flexibility index (Phi) is 6.51. The van der Waals surface area contributed by atoms with Crippen molar-refractivity contribution in [3.8, 4) is 11.3 Å². The van der Waals surface area contributed by atoms with E-state index in [0.29, 0.717) is 5.95 Å². The molecule has 0 amide bonds. The number of rotatable bonds is 9. The second kappa shape index (κ2) is 9.26. The number of pyridine rings is 1. The first-order chi connectivity index (χ1) is 12.7. The quantitative estimate of drug-likeness (QED) is 0.563. The summed E-state index contributed by atoms with van der Waals surface area (Å²) in [5, 5.41) is 8.81. The highest BCUT2D eigenvalue weighted by Crippen LogP contribution is 2.21. The molecule has 0 fully saturated rings. The number of hydrogen-bond donors (Lipinski definition) is 2. The van der Waals surface area contributed by atoms with E-state index >= 15 is 0 Å². The van der Waals surface area contributed by atoms with Gasteiger partial charge < -0.3 is 15.5 Å². The van der Waals surface area contributed by atoms with Crippen molar-refractivity contribution in [2.24, 2.45) is 0 Å². The van der Waals surface area contributed by atoms with E-state index in [0.717, 1.165) is 43.1 Å². The largest absolute Gasteiger partial charge is 0.365 e. The molecule has 0 unspecified atom stereocenters. The molecule has 0 bridgehead atoms. The number of nitrogens with one attached hydrogen (secondary N) is 2. The van der Waals surface area contributed by atoms with Crippen molar-refractivity contribution in [2.45, 2.75) is 13.0 Å². The van der Waals surface area contributed by atoms with Gasteiger partial charge in [-0.2, -0.15) is 4.98 Å². The van der Waals surface area contributed by atoms with Crippen molar-refractivity contribution in [3.05, 3.63) is 53.0 Å². The Balaban J connectivity index is 1.75. The van der Waals surface area contributed by atoms with Crippen LogP contribution in [0, 0.1) is 0 Å². The molecular formula is C19H24N6S. The van der Waals surface area contributed by atoms with E-state index in [1.165, 1.54) is 4.88 Å². The summed E-state index contributed by atoms with van der Waals surface area (Å²) in [6.45, 7) is 2.61. The highest BCUT2D eigenvalue weighted by molar-refractivity contribution is 7.09. The zero-order valence-electron chi connectivity index (χ0n) is 15.1. The number of thiophene rings is 1. The maximum absolute atomic E-state index is 4.65. The van der Waals surface area contributed by atoms with Crippen molar-refractivity contribution in [1.82, 2.24) is 19.9 Å². The fourth-order valence-electron chi connectivity index (χ4n) is 2.47. The first-order valence-electron chi connectivity index (χ1n) is 8.65. The molecule has 136 valence electrons. The lowest BCUT2D eigenvalue weighted by atomic mass is 10.2. The van der Waals surface area contributed by atoms with Crippen LogP contribution in [0.4, 0.5) is 11.8 Å². The minimum absolute atomic E-state index is 0.638. The highest BCUT2D eigenvalue weighted by Gasteiger charge is 2.07. The van der Waals surface area contributed by atoms with Crippen LogP contribution in [-0.2, 0) is 6.54 Å². The van der Waals surface area contributed by atoms with Crippen LogP contribution in [0.25, 0.3) is 11.3 Å². The van der Waals surface area contributed by atoms with Crippen LogP contribution in [0.2, 0.25) is 0 Å². The first-order valence-corrected chi connectivity index (χ1v) is 9.53. The lowest BCUT2D eigenvalue weighted by Gasteiger charge is -2.12. The minimum Gasteiger partial charge on any atom is -0.365 e. The normalized spacial score (nSPS) is 10.9. The Morgan fingerprint density at radius 1 is 1.12 bits per heavy atom. The second-order valence-electron chi connectivity index (χ2n) is 6.22. The molecule has 0 aliphatic rings. The summed E-state index contributed by atoms with van der Waals surface area (Å²) in [6.07, 6.45) is 4.62. The van der Waals surface area contributed by atoms with Gasteiger partial charge in [0.2, 0.25) is 5.95 Å². The van der Waals surface area contributed by atoms with Gasteiger partial charge in [-0.25, -0.2) is 4.98 Å². The van der Waals surface area contributed by atoms with Crippen molar-refractivity contribution < 1.29 is 0 Å². The van der Waals surface area contributed by atoms with Crippen LogP contribution >= 0.6 is 11.3 Å². The molecule has 26 heavy (non-hydrogen) atoms. The molecule has 2 N–H and O–H groups in total. The lowest BCUT2D eigenvalue weighted by molar-refractivity contribution is 0.405. The number of hydrogen-bond acceptors (Lipinski definition) is 7. The molecule has 0 saturated heterocycles. The van der Waals surface area contributed by atoms with Crippen molar-refractivity contribution >= 4 is 23.1 Å². The Labute approximate surface area is 158 Å². The third kappa shape index (κ3) is 5.50. The van der Waals surface area contributed by atoms with E-state index in [1.54, 1.807) is 17.5 Å². The van der Waals surface area contributed by atoms with Crippen LogP contribution in [-0.4, -0.2) is 47.0 Å². The van der Waals surface area contributed by atoms with Crippen molar-refractivity contribution in [1.29, 1.82) is 0 Å². The standard InChI is InChI=1S/C19H24N6S/c1-25(2)10-5-9-21-19-23-17(15-6-3-8-20-13-15)12-18(24-19)22-14-16-7-4-11-26-16/h3-4,6-8,11-13H,5,9-10,14H2,1-2H3,(H2,21,22,23,24). The maximum atomic E-state index is 4.65. The van der Waals surface area contributed by atoms with E-state index in [4.69, 9.17) is 0 Å². The van der Waals surface area contributed by atoms with Gasteiger partial charge in [-0.05, 0) is 50.6 Å². The monoisotopic (exact) mass is 368 g/mol. The fraction of sp³-hybridized carbons (Fsp3) is 0.316. The first kappa shape index (κ1) is 18.3. The van der Waals surface area contributed by atoms with Gasteiger partial charge >= 0.3 is 0 Å². The van der Waals surface area contributed by atoms with Crippen molar-refractivity contribution in [2.75, 3.05) is 37.8 Å². The molecule has 0 radical (unpaired) electrons. The van der Waals surface area contributed by atoms with E-state index < -0.39 is 0 Å². The van der Waals surface area contributed by atoms with Crippen molar-refractivity contribution in [3.63, 3.8) is 0 Å². The number of anilines is 2. The molecule has 0 spiro atoms. The topological polar surface area (TPSA) is 66.0 Å². The molecule has 0 saturated carbocycles. The highest BCUT2D eigenvalue weighted by atomic mass is 32.1. The van der Waals surface area contributed by atoms with E-state index in [1.807, 2.05) is 24.4 Å². The molecular weight excluding hydrogens is 344 g/mol. The molecule has 0 atom stereocenters. The Hall–Kier alpha value is -2.51. The molecule has 3 heterocycles. The molecule has 3 aromatic rings. The summed E-state index contributed by atoms with van der Waals surface area (Å²) in [7, 11) is 4.15. The zero-order chi connectivity index (χ0) is 18.2. The smallest absolute Gasteiger partial charge is 0.225 e. The number of nitrogens with zero attached hydrogens (tertiary/aromatic N) is 4. The van der Waals surface area contributed by atoms with Gasteiger partial charge in [-0.15, -0.1) is 11.3 Å². The summed E-state index contributed by atoms with van der Waals surface area (Å²) < 4.78 is 0. The summed E-state index contributed by atoms with van der Waals surface area (Å²) in [6, 6.07) is 10.1. The minimum atomic E-state index is 0.638. The maximum Gasteiger partial charge on any atom is 0.225 e. The van der Waals surface area contributed by atoms with Crippen LogP contribution in [0.15, 0.2) is 48.1 Å². The third-order valence-corrected chi connectivity index (χ3v) is 4.65. The molecule has 7 heteroatoms. The van der Waals surface area contributed by atoms with E-state index in [-0.39, 0.29) is 0 Å². The summed E-state index contributed by atoms with van der Waals surface area (Å²) in [4.78, 5) is 16.9. The average molecular weight is 369 g/mol. The van der Waals surface area contributed by atoms with Crippen LogP contribution in [0.1, 0.15) is 11.3 Å². The predicted octanol–water partition coefficient (Wildman–Crippen LogP) is 3.58. The third-order valence-electron chi connectivity index (χ3n) is 3.77. The van der Waals surface area contributed by atoms with Gasteiger partial charge in [0, 0.05) is 35.4 Å². The summed E-state index contributed by atoms with van der Waals surface area (Å²) >= 11 is 1.73. The molecule has 0 aliphatic heterocycles. The fourth-order valence-corrected chi connectivity index (χ4v) is 3.11. The molecule has 3 rings (SSSR count). The second-order valence-corrected chi connectivity index (χ2v) is 7.25. The SMILES string of the molecule is CN(C)CCCNc1nc(NCc2cccs2)cc(-c2cccnc2)n1. The summed E-state index contributed by atoms with van der Waals surface area (Å²) in [5.74, 6) is 1.45. The summed E-state index contributed by atoms with van der Waals surface area (Å²) in [5.41, 5.74) is 1.84. The van der Waals surface area contributed by atoms with E-state index in [9.17, 15) is 0 Å². The molecule has 6 nitrogen and oxygen atoms in total. The lowest BCUT2D eigenvalue weighted by Crippen LogP contribution is -2.17. The van der Waals surface area contributed by atoms with Gasteiger partial charge in [0.1, 0.15) is 5.82 Å². The van der Waals surface area contributed by atoms with E-state index in [2.05, 4.69) is 62.1 Å². The molecule has 0 aliphatic carbocycles. The van der Waals surface area contributed by atoms with Gasteiger partial charge in [0.15, 0.2) is 0 Å². The van der Waals surface area contributed by atoms with Gasteiger partial charge in [-0.3, -0.25) is 4.98 Å². The van der Waals surface area contributed by atoms with Crippen LogP contribution in [0.3, 0.4) is 0 Å². The molecule has 3 aromatic heterocycles. The Bertz CT molecular complexity index is 789. The van der Waals surface area contributed by atoms with Gasteiger partial charge in [0.05, 0.1) is 12.2 Å². The Morgan fingerprint density at radius 3 is 2.77 bits per heavy atom. The predicted molar refractivity (Wildman–Crippen MR) is 109 cm³/mol. The zero-order valence-corrected chi connectivity index (χ0v) is 16.0. The average Bonchev–Trinajstić information content (AvgIpc) is 3.18. The van der Waals surface area contributed by atoms with Gasteiger partial charge in [-0.1, -0.05) is 6.07 Å². The number of aromatic nitrogens is 3. The van der Waals surface area contributed by atoms with Gasteiger partial charge in [0.25, 0.3) is 0 Å². The van der Waals surface area contributed by atoms with Crippen LogP contribution < -0.4 is 10.6 Å².